The molecule has 0 fully saturated rings. The van der Waals surface area contributed by atoms with Crippen LogP contribution in [0.15, 0.2) is 48.8 Å². The van der Waals surface area contributed by atoms with Gasteiger partial charge in [-0.15, -0.1) is 0 Å². The molecular formula is C23H23Cl2N5O. The first-order valence-corrected chi connectivity index (χ1v) is 10.7. The van der Waals surface area contributed by atoms with Crippen molar-refractivity contribution in [1.82, 2.24) is 24.4 Å². The Morgan fingerprint density at radius 1 is 1.03 bits per heavy atom. The molecule has 160 valence electrons. The lowest BCUT2D eigenvalue weighted by Crippen LogP contribution is -2.19. The first-order valence-electron chi connectivity index (χ1n) is 9.92. The van der Waals surface area contributed by atoms with E-state index in [4.69, 9.17) is 32.9 Å². The Kier molecular flexibility index (Phi) is 6.41. The van der Waals surface area contributed by atoms with Crippen LogP contribution in [0.4, 0.5) is 0 Å². The molecule has 0 radical (unpaired) electrons. The molecule has 1 aromatic carbocycles. The van der Waals surface area contributed by atoms with Gasteiger partial charge < -0.3 is 14.2 Å². The minimum atomic E-state index is 0.356. The fraction of sp³-hybridized carbons (Fsp3) is 0.261. The molecule has 8 heteroatoms. The van der Waals surface area contributed by atoms with Crippen LogP contribution >= 0.6 is 23.2 Å². The van der Waals surface area contributed by atoms with Crippen molar-refractivity contribution in [3.05, 3.63) is 70.2 Å². The molecule has 0 atom stereocenters. The fourth-order valence-corrected chi connectivity index (χ4v) is 3.80. The number of imidazole rings is 1. The summed E-state index contributed by atoms with van der Waals surface area (Å²) in [5.74, 6) is 1.43. The van der Waals surface area contributed by atoms with Crippen molar-refractivity contribution < 1.29 is 4.74 Å². The molecule has 4 aromatic rings. The van der Waals surface area contributed by atoms with Gasteiger partial charge in [-0.05, 0) is 63.0 Å². The van der Waals surface area contributed by atoms with Crippen molar-refractivity contribution in [1.29, 1.82) is 0 Å². The molecule has 3 aromatic heterocycles. The second-order valence-electron chi connectivity index (χ2n) is 7.61. The van der Waals surface area contributed by atoms with E-state index in [9.17, 15) is 0 Å². The number of rotatable bonds is 7. The fourth-order valence-electron chi connectivity index (χ4n) is 3.35. The molecule has 0 bridgehead atoms. The highest BCUT2D eigenvalue weighted by atomic mass is 35.5. The van der Waals surface area contributed by atoms with Crippen molar-refractivity contribution in [2.24, 2.45) is 0 Å². The van der Waals surface area contributed by atoms with E-state index in [0.717, 1.165) is 34.6 Å². The van der Waals surface area contributed by atoms with Crippen molar-refractivity contribution in [2.75, 3.05) is 27.2 Å². The Morgan fingerprint density at radius 3 is 2.58 bits per heavy atom. The summed E-state index contributed by atoms with van der Waals surface area (Å²) < 4.78 is 7.88. The van der Waals surface area contributed by atoms with Gasteiger partial charge in [0.15, 0.2) is 5.15 Å². The number of ether oxygens (including phenoxy) is 1. The number of pyridine rings is 2. The SMILES string of the molecule is Cc1ccnc(Cn2c(-c3ccc(OCCN(C)C)cc3Cl)nc3c(Cl)nccc32)c1. The molecule has 0 amide bonds. The number of hydrogen-bond acceptors (Lipinski definition) is 5. The van der Waals surface area contributed by atoms with E-state index in [2.05, 4.69) is 25.5 Å². The van der Waals surface area contributed by atoms with E-state index >= 15 is 0 Å². The number of likely N-dealkylation sites (N-methyl/N-ethyl adjacent to an activating group) is 1. The largest absolute Gasteiger partial charge is 0.492 e. The van der Waals surface area contributed by atoms with Crippen LogP contribution in [0, 0.1) is 6.92 Å². The van der Waals surface area contributed by atoms with E-state index in [1.54, 1.807) is 6.20 Å². The number of nitrogens with zero attached hydrogens (tertiary/aromatic N) is 5. The van der Waals surface area contributed by atoms with Gasteiger partial charge in [0.05, 0.1) is 22.8 Å². The van der Waals surface area contributed by atoms with E-state index < -0.39 is 0 Å². The van der Waals surface area contributed by atoms with Gasteiger partial charge in [-0.1, -0.05) is 23.2 Å². The lowest BCUT2D eigenvalue weighted by atomic mass is 10.2. The summed E-state index contributed by atoms with van der Waals surface area (Å²) in [6, 6.07) is 11.6. The van der Waals surface area contributed by atoms with Crippen LogP contribution in [0.3, 0.4) is 0 Å². The molecule has 0 aliphatic heterocycles. The third kappa shape index (κ3) is 4.82. The topological polar surface area (TPSA) is 56.1 Å². The van der Waals surface area contributed by atoms with Gasteiger partial charge >= 0.3 is 0 Å². The van der Waals surface area contributed by atoms with Gasteiger partial charge in [0, 0.05) is 24.5 Å². The molecule has 6 nitrogen and oxygen atoms in total. The molecule has 31 heavy (non-hydrogen) atoms. The maximum Gasteiger partial charge on any atom is 0.156 e. The van der Waals surface area contributed by atoms with Crippen molar-refractivity contribution in [3.63, 3.8) is 0 Å². The normalized spacial score (nSPS) is 11.4. The van der Waals surface area contributed by atoms with Crippen LogP contribution in [-0.2, 0) is 6.54 Å². The quantitative estimate of drug-likeness (QED) is 0.363. The minimum absolute atomic E-state index is 0.356. The van der Waals surface area contributed by atoms with Crippen LogP contribution in [-0.4, -0.2) is 51.7 Å². The van der Waals surface area contributed by atoms with Gasteiger partial charge in [-0.2, -0.15) is 0 Å². The molecule has 0 spiro atoms. The molecule has 0 saturated carbocycles. The van der Waals surface area contributed by atoms with Crippen LogP contribution < -0.4 is 4.74 Å². The molecule has 0 aliphatic rings. The predicted octanol–water partition coefficient (Wildman–Crippen LogP) is 5.10. The van der Waals surface area contributed by atoms with E-state index in [1.165, 1.54) is 0 Å². The second-order valence-corrected chi connectivity index (χ2v) is 8.37. The summed E-state index contributed by atoms with van der Waals surface area (Å²) in [5, 5.41) is 0.912. The molecule has 0 aliphatic carbocycles. The maximum atomic E-state index is 6.66. The lowest BCUT2D eigenvalue weighted by molar-refractivity contribution is 0.261. The Hall–Kier alpha value is -2.67. The molecule has 0 unspecified atom stereocenters. The van der Waals surface area contributed by atoms with E-state index in [1.807, 2.05) is 57.5 Å². The number of halogens is 2. The summed E-state index contributed by atoms with van der Waals surface area (Å²) in [7, 11) is 4.01. The summed E-state index contributed by atoms with van der Waals surface area (Å²) in [5.41, 5.74) is 4.37. The van der Waals surface area contributed by atoms with Gasteiger partial charge in [0.1, 0.15) is 23.7 Å². The minimum Gasteiger partial charge on any atom is -0.492 e. The summed E-state index contributed by atoms with van der Waals surface area (Å²) >= 11 is 13.0. The smallest absolute Gasteiger partial charge is 0.156 e. The average molecular weight is 456 g/mol. The van der Waals surface area contributed by atoms with E-state index in [-0.39, 0.29) is 0 Å². The third-order valence-electron chi connectivity index (χ3n) is 4.90. The van der Waals surface area contributed by atoms with Gasteiger partial charge in [-0.25, -0.2) is 9.97 Å². The maximum absolute atomic E-state index is 6.66. The van der Waals surface area contributed by atoms with Crippen molar-refractivity contribution in [2.45, 2.75) is 13.5 Å². The number of aromatic nitrogens is 4. The lowest BCUT2D eigenvalue weighted by Gasteiger charge is -2.13. The Balaban J connectivity index is 1.75. The first kappa shape index (κ1) is 21.6. The second kappa shape index (κ2) is 9.22. The van der Waals surface area contributed by atoms with E-state index in [0.29, 0.717) is 34.7 Å². The van der Waals surface area contributed by atoms with Crippen molar-refractivity contribution >= 4 is 34.2 Å². The van der Waals surface area contributed by atoms with Crippen LogP contribution in [0.5, 0.6) is 5.75 Å². The predicted molar refractivity (Wildman–Crippen MR) is 125 cm³/mol. The summed E-state index contributed by atoms with van der Waals surface area (Å²) in [4.78, 5) is 15.5. The van der Waals surface area contributed by atoms with Gasteiger partial charge in [0.2, 0.25) is 0 Å². The van der Waals surface area contributed by atoms with Crippen LogP contribution in [0.2, 0.25) is 10.2 Å². The highest BCUT2D eigenvalue weighted by molar-refractivity contribution is 6.34. The highest BCUT2D eigenvalue weighted by Crippen LogP contribution is 2.34. The van der Waals surface area contributed by atoms with Gasteiger partial charge in [0.25, 0.3) is 0 Å². The average Bonchev–Trinajstić information content (AvgIpc) is 3.07. The zero-order valence-electron chi connectivity index (χ0n) is 17.6. The Morgan fingerprint density at radius 2 is 1.84 bits per heavy atom. The number of aryl methyl sites for hydroxylation is 1. The van der Waals surface area contributed by atoms with Crippen LogP contribution in [0.25, 0.3) is 22.4 Å². The third-order valence-corrected chi connectivity index (χ3v) is 5.49. The number of benzene rings is 1. The molecule has 0 N–H and O–H groups in total. The molecular weight excluding hydrogens is 433 g/mol. The molecule has 0 saturated heterocycles. The standard InChI is InChI=1S/C23H23Cl2N5O/c1-15-6-8-26-16(12-15)14-30-20-7-9-27-22(25)21(20)28-23(30)18-5-4-17(13-19(18)24)31-11-10-29(2)3/h4-9,12-13H,10-11,14H2,1-3H3. The van der Waals surface area contributed by atoms with Crippen LogP contribution in [0.1, 0.15) is 11.3 Å². The summed E-state index contributed by atoms with van der Waals surface area (Å²) in [6.07, 6.45) is 3.49. The van der Waals surface area contributed by atoms with Crippen molar-refractivity contribution in [3.8, 4) is 17.1 Å². The van der Waals surface area contributed by atoms with Gasteiger partial charge in [-0.3, -0.25) is 4.98 Å². The number of fused-ring (bicyclic) bond motifs is 1. The Labute approximate surface area is 191 Å². The number of hydrogen-bond donors (Lipinski definition) is 0. The first-order chi connectivity index (χ1) is 14.9. The monoisotopic (exact) mass is 455 g/mol. The molecule has 3 heterocycles. The zero-order chi connectivity index (χ0) is 22.0. The molecule has 4 rings (SSSR count). The zero-order valence-corrected chi connectivity index (χ0v) is 19.2. The highest BCUT2D eigenvalue weighted by Gasteiger charge is 2.18. The Bertz CT molecular complexity index is 1220. The summed E-state index contributed by atoms with van der Waals surface area (Å²) in [6.45, 7) is 3.99.